The van der Waals surface area contributed by atoms with Crippen molar-refractivity contribution in [1.29, 1.82) is 0 Å². The van der Waals surface area contributed by atoms with Crippen LogP contribution in [0.3, 0.4) is 0 Å². The van der Waals surface area contributed by atoms with Gasteiger partial charge in [-0.05, 0) is 38.1 Å². The minimum Gasteiger partial charge on any atom is -0.507 e. The first-order chi connectivity index (χ1) is 11.6. The van der Waals surface area contributed by atoms with Gasteiger partial charge in [0, 0.05) is 24.8 Å². The van der Waals surface area contributed by atoms with E-state index < -0.39 is 0 Å². The molecule has 2 aromatic carbocycles. The van der Waals surface area contributed by atoms with Crippen LogP contribution in [-0.4, -0.2) is 33.8 Å². The second-order valence-corrected chi connectivity index (χ2v) is 5.42. The molecular formula is C18H20N4O2. The molecule has 0 bridgehead atoms. The van der Waals surface area contributed by atoms with Gasteiger partial charge in [0.15, 0.2) is 0 Å². The summed E-state index contributed by atoms with van der Waals surface area (Å²) >= 11 is 0. The Morgan fingerprint density at radius 3 is 2.67 bits per heavy atom. The number of hydrogen-bond donors (Lipinski definition) is 2. The van der Waals surface area contributed by atoms with E-state index in [0.29, 0.717) is 0 Å². The standard InChI is InChI=1S/C18H20N4O2/c1-3-21(4-2)13-9-10-14(17(23)11-13)18(24)20-22-12-19-15-7-5-6-8-16(15)22/h5-12,23H,3-4H2,1-2H3,(H,20,24). The number of fused-ring (bicyclic) bond motifs is 1. The number of aromatic hydroxyl groups is 1. The van der Waals surface area contributed by atoms with E-state index in [1.807, 2.05) is 44.2 Å². The zero-order chi connectivity index (χ0) is 17.1. The Balaban J connectivity index is 1.85. The van der Waals surface area contributed by atoms with Gasteiger partial charge in [-0.1, -0.05) is 12.1 Å². The molecule has 0 aliphatic heterocycles. The molecule has 0 fully saturated rings. The molecule has 0 atom stereocenters. The molecule has 2 N–H and O–H groups in total. The van der Waals surface area contributed by atoms with Crippen LogP contribution in [0.2, 0.25) is 0 Å². The highest BCUT2D eigenvalue weighted by Crippen LogP contribution is 2.25. The van der Waals surface area contributed by atoms with Gasteiger partial charge in [0.2, 0.25) is 0 Å². The summed E-state index contributed by atoms with van der Waals surface area (Å²) in [6.45, 7) is 5.77. The smallest absolute Gasteiger partial charge is 0.273 e. The molecule has 1 aromatic heterocycles. The van der Waals surface area contributed by atoms with Crippen molar-refractivity contribution < 1.29 is 9.90 Å². The fraction of sp³-hybridized carbons (Fsp3) is 0.222. The lowest BCUT2D eigenvalue weighted by Gasteiger charge is -2.21. The number of phenols is 1. The molecule has 0 spiro atoms. The highest BCUT2D eigenvalue weighted by molar-refractivity contribution is 6.03. The number of carbonyl (C=O) groups excluding carboxylic acids is 1. The van der Waals surface area contributed by atoms with Gasteiger partial charge >= 0.3 is 0 Å². The second-order valence-electron chi connectivity index (χ2n) is 5.42. The fourth-order valence-electron chi connectivity index (χ4n) is 2.72. The maximum Gasteiger partial charge on any atom is 0.273 e. The first kappa shape index (κ1) is 15.9. The minimum atomic E-state index is -0.387. The summed E-state index contributed by atoms with van der Waals surface area (Å²) in [6.07, 6.45) is 1.55. The molecular weight excluding hydrogens is 304 g/mol. The molecule has 1 heterocycles. The molecule has 124 valence electrons. The maximum absolute atomic E-state index is 12.5. The maximum atomic E-state index is 12.5. The Hall–Kier alpha value is -3.02. The SMILES string of the molecule is CCN(CC)c1ccc(C(=O)Nn2cnc3ccccc32)c(O)c1. The number of benzene rings is 2. The molecule has 0 aliphatic rings. The summed E-state index contributed by atoms with van der Waals surface area (Å²) in [5.74, 6) is -0.428. The molecule has 0 saturated heterocycles. The zero-order valence-corrected chi connectivity index (χ0v) is 13.7. The highest BCUT2D eigenvalue weighted by atomic mass is 16.3. The van der Waals surface area contributed by atoms with E-state index in [4.69, 9.17) is 0 Å². The third kappa shape index (κ3) is 2.90. The van der Waals surface area contributed by atoms with Crippen molar-refractivity contribution in [3.63, 3.8) is 0 Å². The predicted molar refractivity (Wildman–Crippen MR) is 95.1 cm³/mol. The normalized spacial score (nSPS) is 10.8. The summed E-state index contributed by atoms with van der Waals surface area (Å²) in [4.78, 5) is 18.8. The number of imidazole rings is 1. The number of carbonyl (C=O) groups is 1. The Morgan fingerprint density at radius 1 is 1.21 bits per heavy atom. The van der Waals surface area contributed by atoms with Gasteiger partial charge in [0.1, 0.15) is 12.1 Å². The van der Waals surface area contributed by atoms with Crippen molar-refractivity contribution in [2.75, 3.05) is 23.4 Å². The summed E-state index contributed by atoms with van der Waals surface area (Å²) in [7, 11) is 0. The van der Waals surface area contributed by atoms with Gasteiger partial charge in [0.25, 0.3) is 5.91 Å². The molecule has 0 unspecified atom stereocenters. The molecule has 3 rings (SSSR count). The number of para-hydroxylation sites is 2. The Morgan fingerprint density at radius 2 is 1.96 bits per heavy atom. The van der Waals surface area contributed by atoms with Crippen molar-refractivity contribution >= 4 is 22.6 Å². The van der Waals surface area contributed by atoms with E-state index >= 15 is 0 Å². The van der Waals surface area contributed by atoms with Crippen molar-refractivity contribution in [3.8, 4) is 5.75 Å². The third-order valence-electron chi connectivity index (χ3n) is 4.03. The van der Waals surface area contributed by atoms with E-state index in [9.17, 15) is 9.90 Å². The molecule has 24 heavy (non-hydrogen) atoms. The van der Waals surface area contributed by atoms with Crippen LogP contribution in [0.25, 0.3) is 11.0 Å². The lowest BCUT2D eigenvalue weighted by Crippen LogP contribution is -2.23. The predicted octanol–water partition coefficient (Wildman–Crippen LogP) is 2.97. The Kier molecular flexibility index (Phi) is 4.37. The fourth-order valence-corrected chi connectivity index (χ4v) is 2.72. The van der Waals surface area contributed by atoms with Crippen LogP contribution in [0.5, 0.6) is 5.75 Å². The number of rotatable bonds is 5. The topological polar surface area (TPSA) is 70.4 Å². The number of nitrogens with zero attached hydrogens (tertiary/aromatic N) is 3. The van der Waals surface area contributed by atoms with E-state index in [2.05, 4.69) is 15.3 Å². The van der Waals surface area contributed by atoms with Gasteiger partial charge in [0.05, 0.1) is 16.6 Å². The van der Waals surface area contributed by atoms with Crippen LogP contribution >= 0.6 is 0 Å². The summed E-state index contributed by atoms with van der Waals surface area (Å²) in [6, 6.07) is 12.6. The summed E-state index contributed by atoms with van der Waals surface area (Å²) in [5, 5.41) is 10.2. The Bertz CT molecular complexity index is 868. The number of aromatic nitrogens is 2. The van der Waals surface area contributed by atoms with Gasteiger partial charge in [-0.25, -0.2) is 9.66 Å². The lowest BCUT2D eigenvalue weighted by molar-refractivity contribution is 0.101. The number of nitrogens with one attached hydrogen (secondary N) is 1. The van der Waals surface area contributed by atoms with Crippen molar-refractivity contribution in [2.45, 2.75) is 13.8 Å². The number of amides is 1. The zero-order valence-electron chi connectivity index (χ0n) is 13.7. The molecule has 3 aromatic rings. The van der Waals surface area contributed by atoms with Gasteiger partial charge in [-0.15, -0.1) is 0 Å². The van der Waals surface area contributed by atoms with E-state index in [0.717, 1.165) is 29.8 Å². The molecule has 1 amide bonds. The number of hydrogen-bond acceptors (Lipinski definition) is 4. The molecule has 0 saturated carbocycles. The largest absolute Gasteiger partial charge is 0.507 e. The number of phenolic OH excluding ortho intramolecular Hbond substituents is 1. The van der Waals surface area contributed by atoms with E-state index in [-0.39, 0.29) is 17.2 Å². The lowest BCUT2D eigenvalue weighted by atomic mass is 10.1. The molecule has 0 radical (unpaired) electrons. The van der Waals surface area contributed by atoms with Crippen LogP contribution in [0, 0.1) is 0 Å². The summed E-state index contributed by atoms with van der Waals surface area (Å²) in [5.41, 5.74) is 5.44. The van der Waals surface area contributed by atoms with E-state index in [1.165, 1.54) is 0 Å². The van der Waals surface area contributed by atoms with Gasteiger partial charge in [-0.2, -0.15) is 0 Å². The van der Waals surface area contributed by atoms with Crippen LogP contribution in [0.15, 0.2) is 48.8 Å². The van der Waals surface area contributed by atoms with Gasteiger partial charge in [-0.3, -0.25) is 10.2 Å². The van der Waals surface area contributed by atoms with Crippen molar-refractivity contribution in [1.82, 2.24) is 9.66 Å². The molecule has 6 heteroatoms. The van der Waals surface area contributed by atoms with Crippen LogP contribution in [-0.2, 0) is 0 Å². The van der Waals surface area contributed by atoms with E-state index in [1.54, 1.807) is 23.1 Å². The van der Waals surface area contributed by atoms with Gasteiger partial charge < -0.3 is 10.0 Å². The minimum absolute atomic E-state index is 0.0404. The van der Waals surface area contributed by atoms with Crippen LogP contribution < -0.4 is 10.3 Å². The quantitative estimate of drug-likeness (QED) is 0.757. The first-order valence-corrected chi connectivity index (χ1v) is 7.95. The highest BCUT2D eigenvalue weighted by Gasteiger charge is 2.14. The average Bonchev–Trinajstić information content (AvgIpc) is 2.99. The molecule has 6 nitrogen and oxygen atoms in total. The van der Waals surface area contributed by atoms with Crippen LogP contribution in [0.4, 0.5) is 5.69 Å². The number of anilines is 1. The van der Waals surface area contributed by atoms with Crippen LogP contribution in [0.1, 0.15) is 24.2 Å². The molecule has 0 aliphatic carbocycles. The first-order valence-electron chi connectivity index (χ1n) is 7.95. The second kappa shape index (κ2) is 6.62. The summed E-state index contributed by atoms with van der Waals surface area (Å²) < 4.78 is 1.55. The van der Waals surface area contributed by atoms with Crippen molar-refractivity contribution in [3.05, 3.63) is 54.4 Å². The van der Waals surface area contributed by atoms with Crippen molar-refractivity contribution in [2.24, 2.45) is 0 Å². The third-order valence-corrected chi connectivity index (χ3v) is 4.03. The monoisotopic (exact) mass is 324 g/mol. The average molecular weight is 324 g/mol. The Labute approximate surface area is 140 Å².